The van der Waals surface area contributed by atoms with Crippen LogP contribution in [0.25, 0.3) is 0 Å². The number of benzene rings is 3. The van der Waals surface area contributed by atoms with Gasteiger partial charge in [0.25, 0.3) is 5.91 Å². The van der Waals surface area contributed by atoms with Crippen LogP contribution in [0, 0.1) is 6.92 Å². The van der Waals surface area contributed by atoms with Crippen molar-refractivity contribution in [3.63, 3.8) is 0 Å². The third kappa shape index (κ3) is 6.34. The Kier molecular flexibility index (Phi) is 7.65. The molecule has 6 nitrogen and oxygen atoms in total. The molecule has 0 aliphatic rings. The van der Waals surface area contributed by atoms with Crippen molar-refractivity contribution in [2.24, 2.45) is 0 Å². The third-order valence-corrected chi connectivity index (χ3v) is 4.64. The van der Waals surface area contributed by atoms with Crippen LogP contribution < -0.4 is 20.1 Å². The standard InChI is InChI=1S/C25H26N2O4/c1-3-24(28)26-22-13-8-14-23(18(22)2)27-25(29)19-9-7-12-21(17-19)31-16-15-30-20-10-5-4-6-11-20/h4-14,17H,3,15-16H2,1-2H3,(H,26,28)(H,27,29). The highest BCUT2D eigenvalue weighted by molar-refractivity contribution is 6.05. The van der Waals surface area contributed by atoms with Gasteiger partial charge >= 0.3 is 0 Å². The molecule has 0 bridgehead atoms. The first kappa shape index (κ1) is 21.9. The molecule has 31 heavy (non-hydrogen) atoms. The number of ether oxygens (including phenoxy) is 2. The van der Waals surface area contributed by atoms with Gasteiger partial charge in [0, 0.05) is 23.4 Å². The molecule has 0 saturated carbocycles. The summed E-state index contributed by atoms with van der Waals surface area (Å²) in [5.74, 6) is 1.04. The summed E-state index contributed by atoms with van der Waals surface area (Å²) in [6.07, 6.45) is 0.388. The molecule has 3 rings (SSSR count). The van der Waals surface area contributed by atoms with E-state index in [-0.39, 0.29) is 11.8 Å². The first-order chi connectivity index (χ1) is 15.1. The van der Waals surface area contributed by atoms with Crippen LogP contribution in [0.2, 0.25) is 0 Å². The van der Waals surface area contributed by atoms with Crippen molar-refractivity contribution in [1.29, 1.82) is 0 Å². The summed E-state index contributed by atoms with van der Waals surface area (Å²) in [6, 6.07) is 21.9. The van der Waals surface area contributed by atoms with E-state index < -0.39 is 0 Å². The van der Waals surface area contributed by atoms with E-state index in [1.165, 1.54) is 0 Å². The number of rotatable bonds is 9. The summed E-state index contributed by atoms with van der Waals surface area (Å²) in [5, 5.41) is 5.74. The van der Waals surface area contributed by atoms with E-state index in [1.54, 1.807) is 43.3 Å². The van der Waals surface area contributed by atoms with Crippen molar-refractivity contribution in [3.05, 3.63) is 83.9 Å². The predicted octanol–water partition coefficient (Wildman–Crippen LogP) is 5.05. The number of hydrogen-bond donors (Lipinski definition) is 2. The fourth-order valence-electron chi connectivity index (χ4n) is 2.90. The second-order valence-corrected chi connectivity index (χ2v) is 6.87. The molecule has 0 spiro atoms. The number of anilines is 2. The van der Waals surface area contributed by atoms with E-state index in [0.29, 0.717) is 42.3 Å². The van der Waals surface area contributed by atoms with Gasteiger partial charge in [0.05, 0.1) is 0 Å². The molecular weight excluding hydrogens is 392 g/mol. The first-order valence-electron chi connectivity index (χ1n) is 10.2. The molecule has 6 heteroatoms. The monoisotopic (exact) mass is 418 g/mol. The molecule has 0 unspecified atom stereocenters. The number of para-hydroxylation sites is 1. The number of hydrogen-bond acceptors (Lipinski definition) is 4. The maximum atomic E-state index is 12.7. The van der Waals surface area contributed by atoms with Gasteiger partial charge in [-0.15, -0.1) is 0 Å². The van der Waals surface area contributed by atoms with Gasteiger partial charge in [-0.25, -0.2) is 0 Å². The van der Waals surface area contributed by atoms with Gasteiger partial charge in [0.1, 0.15) is 24.7 Å². The fourth-order valence-corrected chi connectivity index (χ4v) is 2.90. The minimum Gasteiger partial charge on any atom is -0.490 e. The minimum atomic E-state index is -0.256. The zero-order valence-electron chi connectivity index (χ0n) is 17.7. The number of nitrogens with one attached hydrogen (secondary N) is 2. The summed E-state index contributed by atoms with van der Waals surface area (Å²) in [6.45, 7) is 4.40. The lowest BCUT2D eigenvalue weighted by Crippen LogP contribution is -2.15. The molecular formula is C25H26N2O4. The Hall–Kier alpha value is -3.80. The first-order valence-corrected chi connectivity index (χ1v) is 10.2. The lowest BCUT2D eigenvalue weighted by Gasteiger charge is -2.14. The Morgan fingerprint density at radius 1 is 0.774 bits per heavy atom. The number of carbonyl (C=O) groups is 2. The Morgan fingerprint density at radius 2 is 1.39 bits per heavy atom. The lowest BCUT2D eigenvalue weighted by molar-refractivity contribution is -0.115. The summed E-state index contributed by atoms with van der Waals surface area (Å²) in [7, 11) is 0. The van der Waals surface area contributed by atoms with E-state index in [1.807, 2.05) is 43.3 Å². The lowest BCUT2D eigenvalue weighted by atomic mass is 10.1. The van der Waals surface area contributed by atoms with E-state index >= 15 is 0 Å². The summed E-state index contributed by atoms with van der Waals surface area (Å²) in [4.78, 5) is 24.4. The molecule has 3 aromatic carbocycles. The predicted molar refractivity (Wildman–Crippen MR) is 122 cm³/mol. The van der Waals surface area contributed by atoms with Gasteiger partial charge in [-0.05, 0) is 55.0 Å². The SMILES string of the molecule is CCC(=O)Nc1cccc(NC(=O)c2cccc(OCCOc3ccccc3)c2)c1C. The van der Waals surface area contributed by atoms with E-state index in [9.17, 15) is 9.59 Å². The Bertz CT molecular complexity index is 1030. The fraction of sp³-hybridized carbons (Fsp3) is 0.200. The second kappa shape index (κ2) is 10.8. The van der Waals surface area contributed by atoms with Crippen LogP contribution in [0.5, 0.6) is 11.5 Å². The summed E-state index contributed by atoms with van der Waals surface area (Å²) in [5.41, 5.74) is 2.59. The third-order valence-electron chi connectivity index (χ3n) is 4.64. The van der Waals surface area contributed by atoms with Gasteiger partial charge in [-0.3, -0.25) is 9.59 Å². The van der Waals surface area contributed by atoms with Crippen molar-refractivity contribution in [2.45, 2.75) is 20.3 Å². The zero-order chi connectivity index (χ0) is 22.1. The molecule has 2 amide bonds. The molecule has 0 radical (unpaired) electrons. The highest BCUT2D eigenvalue weighted by Gasteiger charge is 2.11. The van der Waals surface area contributed by atoms with Gasteiger partial charge < -0.3 is 20.1 Å². The molecule has 3 aromatic rings. The van der Waals surface area contributed by atoms with Crippen LogP contribution in [-0.2, 0) is 4.79 Å². The summed E-state index contributed by atoms with van der Waals surface area (Å²) < 4.78 is 11.3. The van der Waals surface area contributed by atoms with Crippen LogP contribution in [0.1, 0.15) is 29.3 Å². The number of amides is 2. The topological polar surface area (TPSA) is 76.7 Å². The van der Waals surface area contributed by atoms with Crippen molar-refractivity contribution in [2.75, 3.05) is 23.8 Å². The molecule has 0 aliphatic carbocycles. The number of carbonyl (C=O) groups excluding carboxylic acids is 2. The quantitative estimate of drug-likeness (QED) is 0.477. The van der Waals surface area contributed by atoms with Gasteiger partial charge in [-0.2, -0.15) is 0 Å². The maximum absolute atomic E-state index is 12.7. The maximum Gasteiger partial charge on any atom is 0.255 e. The van der Waals surface area contributed by atoms with Crippen LogP contribution >= 0.6 is 0 Å². The second-order valence-electron chi connectivity index (χ2n) is 6.87. The highest BCUT2D eigenvalue weighted by atomic mass is 16.5. The molecule has 2 N–H and O–H groups in total. The Labute approximate surface area is 182 Å². The van der Waals surface area contributed by atoms with Crippen molar-refractivity contribution < 1.29 is 19.1 Å². The minimum absolute atomic E-state index is 0.0762. The van der Waals surface area contributed by atoms with E-state index in [0.717, 1.165) is 11.3 Å². The smallest absolute Gasteiger partial charge is 0.255 e. The molecule has 0 heterocycles. The molecule has 0 saturated heterocycles. The molecule has 0 fully saturated rings. The average molecular weight is 418 g/mol. The van der Waals surface area contributed by atoms with Crippen LogP contribution in [0.15, 0.2) is 72.8 Å². The highest BCUT2D eigenvalue weighted by Crippen LogP contribution is 2.24. The largest absolute Gasteiger partial charge is 0.490 e. The normalized spacial score (nSPS) is 10.3. The van der Waals surface area contributed by atoms with Crippen molar-refractivity contribution in [3.8, 4) is 11.5 Å². The molecule has 0 atom stereocenters. The van der Waals surface area contributed by atoms with Gasteiger partial charge in [-0.1, -0.05) is 37.3 Å². The van der Waals surface area contributed by atoms with Crippen molar-refractivity contribution in [1.82, 2.24) is 0 Å². The van der Waals surface area contributed by atoms with Crippen LogP contribution in [0.3, 0.4) is 0 Å². The van der Waals surface area contributed by atoms with Crippen molar-refractivity contribution >= 4 is 23.2 Å². The van der Waals surface area contributed by atoms with Gasteiger partial charge in [0.15, 0.2) is 0 Å². The Morgan fingerprint density at radius 3 is 2.10 bits per heavy atom. The average Bonchev–Trinajstić information content (AvgIpc) is 2.80. The molecule has 0 aromatic heterocycles. The molecule has 0 aliphatic heterocycles. The molecule has 160 valence electrons. The summed E-state index contributed by atoms with van der Waals surface area (Å²) >= 11 is 0. The zero-order valence-corrected chi connectivity index (χ0v) is 17.7. The van der Waals surface area contributed by atoms with E-state index in [2.05, 4.69) is 10.6 Å². The van der Waals surface area contributed by atoms with E-state index in [4.69, 9.17) is 9.47 Å². The Balaban J connectivity index is 1.58. The van der Waals surface area contributed by atoms with Gasteiger partial charge in [0.2, 0.25) is 5.91 Å². The van der Waals surface area contributed by atoms with Crippen LogP contribution in [-0.4, -0.2) is 25.0 Å². The van der Waals surface area contributed by atoms with Crippen LogP contribution in [0.4, 0.5) is 11.4 Å².